The molecule has 0 aliphatic carbocycles. The molecule has 0 amide bonds. The molecule has 122 valence electrons. The molecule has 0 unspecified atom stereocenters. The van der Waals surface area contributed by atoms with Crippen molar-refractivity contribution in [2.24, 2.45) is 5.92 Å². The summed E-state index contributed by atoms with van der Waals surface area (Å²) in [5.41, 5.74) is 1.54. The number of nitrogens with one attached hydrogen (secondary N) is 2. The first-order valence-electron chi connectivity index (χ1n) is 7.51. The van der Waals surface area contributed by atoms with Crippen molar-refractivity contribution in [2.75, 3.05) is 20.1 Å². The molecule has 1 aromatic rings. The van der Waals surface area contributed by atoms with Crippen molar-refractivity contribution in [2.45, 2.75) is 52.1 Å². The number of rotatable bonds is 9. The van der Waals surface area contributed by atoms with Crippen molar-refractivity contribution in [3.05, 3.63) is 11.3 Å². The van der Waals surface area contributed by atoms with Crippen molar-refractivity contribution in [1.82, 2.24) is 19.8 Å². The Morgan fingerprint density at radius 1 is 1.38 bits per heavy atom. The highest BCUT2D eigenvalue weighted by Gasteiger charge is 2.27. The molecule has 6 nitrogen and oxygen atoms in total. The minimum atomic E-state index is -3.53. The zero-order chi connectivity index (χ0) is 16.0. The van der Waals surface area contributed by atoms with Crippen molar-refractivity contribution >= 4 is 10.0 Å². The number of aromatic amines is 1. The second-order valence-electron chi connectivity index (χ2n) is 5.82. The van der Waals surface area contributed by atoms with Crippen molar-refractivity contribution < 1.29 is 8.42 Å². The molecule has 0 aliphatic rings. The highest BCUT2D eigenvalue weighted by Crippen LogP contribution is 2.20. The van der Waals surface area contributed by atoms with Crippen LogP contribution in [-0.4, -0.2) is 43.1 Å². The maximum absolute atomic E-state index is 12.6. The van der Waals surface area contributed by atoms with Gasteiger partial charge in [0.2, 0.25) is 0 Å². The Bertz CT molecular complexity index is 537. The summed E-state index contributed by atoms with van der Waals surface area (Å²) in [4.78, 5) is 0. The summed E-state index contributed by atoms with van der Waals surface area (Å²) < 4.78 is 26.6. The number of hydrogen-bond acceptors (Lipinski definition) is 4. The van der Waals surface area contributed by atoms with E-state index in [1.165, 1.54) is 4.31 Å². The molecule has 1 rings (SSSR count). The first-order valence-corrected chi connectivity index (χ1v) is 8.95. The zero-order valence-electron chi connectivity index (χ0n) is 13.7. The Labute approximate surface area is 128 Å². The predicted molar refractivity (Wildman–Crippen MR) is 84.6 cm³/mol. The van der Waals surface area contributed by atoms with E-state index >= 15 is 0 Å². The minimum absolute atomic E-state index is 0.148. The van der Waals surface area contributed by atoms with Crippen LogP contribution in [0.4, 0.5) is 0 Å². The fraction of sp³-hybridized carbons (Fsp3) is 0.786. The maximum Gasteiger partial charge on any atom is 0.262 e. The smallest absolute Gasteiger partial charge is 0.262 e. The van der Waals surface area contributed by atoms with E-state index in [1.54, 1.807) is 7.05 Å². The molecule has 0 saturated carbocycles. The van der Waals surface area contributed by atoms with Gasteiger partial charge in [0.05, 0.1) is 0 Å². The summed E-state index contributed by atoms with van der Waals surface area (Å²) in [6.07, 6.45) is 1.84. The third-order valence-corrected chi connectivity index (χ3v) is 5.27. The SMILES string of the molecule is CCCNCc1c(S(=O)(=O)N(C)CCC(C)C)n[nH]c1C. The van der Waals surface area contributed by atoms with Crippen LogP contribution in [0.15, 0.2) is 5.03 Å². The monoisotopic (exact) mass is 316 g/mol. The van der Waals surface area contributed by atoms with E-state index in [4.69, 9.17) is 0 Å². The number of hydrogen-bond donors (Lipinski definition) is 2. The molecule has 0 bridgehead atoms. The van der Waals surface area contributed by atoms with E-state index in [1.807, 2.05) is 6.92 Å². The lowest BCUT2D eigenvalue weighted by atomic mass is 10.1. The van der Waals surface area contributed by atoms with Gasteiger partial charge in [-0.3, -0.25) is 5.10 Å². The van der Waals surface area contributed by atoms with Gasteiger partial charge >= 0.3 is 0 Å². The molecular formula is C14H28N4O2S. The average Bonchev–Trinajstić information content (AvgIpc) is 2.78. The standard InChI is InChI=1S/C14H28N4O2S/c1-6-8-15-10-13-12(4)16-17-14(13)21(19,20)18(5)9-7-11(2)3/h11,15H,6-10H2,1-5H3,(H,16,17). The van der Waals surface area contributed by atoms with Crippen molar-refractivity contribution in [1.29, 1.82) is 0 Å². The van der Waals surface area contributed by atoms with Gasteiger partial charge in [-0.2, -0.15) is 9.40 Å². The first kappa shape index (κ1) is 18.1. The molecule has 0 radical (unpaired) electrons. The lowest BCUT2D eigenvalue weighted by molar-refractivity contribution is 0.425. The number of H-pyrrole nitrogens is 1. The Morgan fingerprint density at radius 3 is 2.62 bits per heavy atom. The topological polar surface area (TPSA) is 78.1 Å². The van der Waals surface area contributed by atoms with Crippen LogP contribution in [-0.2, 0) is 16.6 Å². The number of nitrogens with zero attached hydrogens (tertiary/aromatic N) is 2. The molecule has 7 heteroatoms. The summed E-state index contributed by atoms with van der Waals surface area (Å²) in [5.74, 6) is 0.467. The molecule has 0 atom stereocenters. The average molecular weight is 316 g/mol. The second-order valence-corrected chi connectivity index (χ2v) is 7.78. The lowest BCUT2D eigenvalue weighted by Crippen LogP contribution is -2.30. The van der Waals surface area contributed by atoms with Crippen LogP contribution in [0.2, 0.25) is 0 Å². The summed E-state index contributed by atoms with van der Waals surface area (Å²) in [6, 6.07) is 0. The zero-order valence-corrected chi connectivity index (χ0v) is 14.5. The van der Waals surface area contributed by atoms with E-state index in [9.17, 15) is 8.42 Å². The fourth-order valence-corrected chi connectivity index (χ4v) is 3.29. The van der Waals surface area contributed by atoms with Gasteiger partial charge in [0.1, 0.15) is 0 Å². The summed E-state index contributed by atoms with van der Waals surface area (Å²) >= 11 is 0. The third kappa shape index (κ3) is 4.79. The summed E-state index contributed by atoms with van der Waals surface area (Å²) in [7, 11) is -1.91. The Kier molecular flexibility index (Phi) is 6.83. The molecule has 2 N–H and O–H groups in total. The highest BCUT2D eigenvalue weighted by molar-refractivity contribution is 7.89. The van der Waals surface area contributed by atoms with Gasteiger partial charge in [-0.15, -0.1) is 0 Å². The Morgan fingerprint density at radius 2 is 2.05 bits per heavy atom. The van der Waals surface area contributed by atoms with Crippen LogP contribution in [0.5, 0.6) is 0 Å². The Balaban J connectivity index is 2.92. The molecule has 0 fully saturated rings. The van der Waals surface area contributed by atoms with Crippen molar-refractivity contribution in [3.63, 3.8) is 0 Å². The quantitative estimate of drug-likeness (QED) is 0.682. The molecule has 0 saturated heterocycles. The second kappa shape index (κ2) is 7.91. The van der Waals surface area contributed by atoms with Gasteiger partial charge in [0, 0.05) is 31.4 Å². The van der Waals surface area contributed by atoms with Gasteiger partial charge in [0.25, 0.3) is 10.0 Å². The lowest BCUT2D eigenvalue weighted by Gasteiger charge is -2.17. The van der Waals surface area contributed by atoms with Gasteiger partial charge in [0.15, 0.2) is 5.03 Å². The van der Waals surface area contributed by atoms with Gasteiger partial charge in [-0.1, -0.05) is 20.8 Å². The summed E-state index contributed by atoms with van der Waals surface area (Å²) in [5, 5.41) is 10.2. The number of aryl methyl sites for hydroxylation is 1. The van der Waals surface area contributed by atoms with E-state index < -0.39 is 10.0 Å². The molecular weight excluding hydrogens is 288 g/mol. The van der Waals surface area contributed by atoms with Gasteiger partial charge in [-0.25, -0.2) is 8.42 Å². The fourth-order valence-electron chi connectivity index (χ4n) is 1.95. The highest BCUT2D eigenvalue weighted by atomic mass is 32.2. The van der Waals surface area contributed by atoms with E-state index in [-0.39, 0.29) is 5.03 Å². The first-order chi connectivity index (χ1) is 9.80. The number of sulfonamides is 1. The maximum atomic E-state index is 12.6. The van der Waals surface area contributed by atoms with E-state index in [2.05, 4.69) is 36.3 Å². The molecule has 0 spiro atoms. The van der Waals surface area contributed by atoms with Gasteiger partial charge < -0.3 is 5.32 Å². The largest absolute Gasteiger partial charge is 0.313 e. The molecule has 1 aromatic heterocycles. The molecule has 1 heterocycles. The van der Waals surface area contributed by atoms with E-state index in [0.29, 0.717) is 19.0 Å². The number of aromatic nitrogens is 2. The Hall–Kier alpha value is -0.920. The van der Waals surface area contributed by atoms with Crippen LogP contribution in [0.25, 0.3) is 0 Å². The van der Waals surface area contributed by atoms with Crippen LogP contribution in [0.1, 0.15) is 44.9 Å². The van der Waals surface area contributed by atoms with Crippen LogP contribution in [0, 0.1) is 12.8 Å². The molecule has 21 heavy (non-hydrogen) atoms. The van der Waals surface area contributed by atoms with Crippen molar-refractivity contribution in [3.8, 4) is 0 Å². The summed E-state index contributed by atoms with van der Waals surface area (Å²) in [6.45, 7) is 9.97. The molecule has 0 aliphatic heterocycles. The molecule has 0 aromatic carbocycles. The van der Waals surface area contributed by atoms with Gasteiger partial charge in [-0.05, 0) is 32.2 Å². The van der Waals surface area contributed by atoms with Crippen LogP contribution >= 0.6 is 0 Å². The van der Waals surface area contributed by atoms with Crippen LogP contribution < -0.4 is 5.32 Å². The minimum Gasteiger partial charge on any atom is -0.313 e. The third-order valence-electron chi connectivity index (χ3n) is 3.44. The normalized spacial score (nSPS) is 12.5. The predicted octanol–water partition coefficient (Wildman–Crippen LogP) is 1.88. The van der Waals surface area contributed by atoms with Crippen LogP contribution in [0.3, 0.4) is 0 Å². The van der Waals surface area contributed by atoms with E-state index in [0.717, 1.165) is 30.6 Å².